The van der Waals surface area contributed by atoms with Crippen molar-refractivity contribution in [3.63, 3.8) is 0 Å². The molecule has 0 spiro atoms. The van der Waals surface area contributed by atoms with E-state index in [1.807, 2.05) is 6.07 Å². The van der Waals surface area contributed by atoms with Crippen LogP contribution < -0.4 is 11.2 Å². The monoisotopic (exact) mass is 278 g/mol. The zero-order valence-corrected chi connectivity index (χ0v) is 10.3. The van der Waals surface area contributed by atoms with E-state index in [4.69, 9.17) is 15.5 Å². The number of amides is 1. The van der Waals surface area contributed by atoms with Crippen molar-refractivity contribution >= 4 is 16.3 Å². The summed E-state index contributed by atoms with van der Waals surface area (Å²) in [6.45, 7) is 0.124. The van der Waals surface area contributed by atoms with Crippen LogP contribution in [0, 0.1) is 11.3 Å². The van der Waals surface area contributed by atoms with Gasteiger partial charge in [-0.25, -0.2) is 0 Å². The van der Waals surface area contributed by atoms with Crippen LogP contribution in [0.25, 0.3) is 0 Å². The molecule has 0 aliphatic carbocycles. The Kier molecular flexibility index (Phi) is 5.00. The van der Waals surface area contributed by atoms with Gasteiger partial charge in [-0.05, 0) is 12.8 Å². The molecule has 0 aromatic carbocycles. The molecule has 0 bridgehead atoms. The number of hydrogen-bond donors (Lipinski definition) is 3. The summed E-state index contributed by atoms with van der Waals surface area (Å²) < 4.78 is 33.2. The number of primary amides is 1. The van der Waals surface area contributed by atoms with Crippen LogP contribution >= 0.6 is 0 Å². The molecule has 1 saturated heterocycles. The van der Waals surface area contributed by atoms with E-state index in [-0.39, 0.29) is 13.1 Å². The van der Waals surface area contributed by atoms with Gasteiger partial charge in [-0.3, -0.25) is 14.2 Å². The van der Waals surface area contributed by atoms with E-state index in [0.29, 0.717) is 12.8 Å². The van der Waals surface area contributed by atoms with Crippen molar-refractivity contribution in [2.75, 3.05) is 13.1 Å². The van der Waals surface area contributed by atoms with Gasteiger partial charge in [-0.15, -0.1) is 0 Å². The van der Waals surface area contributed by atoms with Gasteiger partial charge in [0.05, 0.1) is 18.7 Å². The molecule has 0 saturated carbocycles. The highest BCUT2D eigenvalue weighted by molar-refractivity contribution is 7.80. The van der Waals surface area contributed by atoms with Crippen molar-refractivity contribution in [3.05, 3.63) is 0 Å². The molecule has 1 heterocycles. The molecule has 0 unspecified atom stereocenters. The van der Waals surface area contributed by atoms with E-state index in [9.17, 15) is 13.2 Å². The first-order valence-electron chi connectivity index (χ1n) is 5.15. The lowest BCUT2D eigenvalue weighted by Crippen LogP contribution is -2.52. The van der Waals surface area contributed by atoms with Crippen molar-refractivity contribution in [2.24, 2.45) is 5.73 Å². The molecule has 0 aromatic rings. The van der Waals surface area contributed by atoms with Gasteiger partial charge in [-0.1, -0.05) is 0 Å². The Morgan fingerprint density at radius 2 is 2.28 bits per heavy atom. The van der Waals surface area contributed by atoms with E-state index in [1.54, 1.807) is 0 Å². The Morgan fingerprint density at radius 1 is 1.61 bits per heavy atom. The number of nitrogens with one attached hydrogen (secondary N) is 1. The first-order valence-corrected chi connectivity index (χ1v) is 6.51. The second-order valence-electron chi connectivity index (χ2n) is 3.94. The van der Waals surface area contributed by atoms with E-state index in [0.717, 1.165) is 0 Å². The Labute approximate surface area is 104 Å². The van der Waals surface area contributed by atoms with Gasteiger partial charge >= 0.3 is 10.4 Å². The largest absolute Gasteiger partial charge is 0.413 e. The summed E-state index contributed by atoms with van der Waals surface area (Å²) in [4.78, 5) is 12.4. The Morgan fingerprint density at radius 3 is 2.78 bits per heavy atom. The molecular formula is C8H14N4O5S. The lowest BCUT2D eigenvalue weighted by molar-refractivity contribution is -0.120. The van der Waals surface area contributed by atoms with E-state index in [1.165, 1.54) is 4.90 Å². The molecule has 9 nitrogen and oxygen atoms in total. The average molecular weight is 278 g/mol. The Bertz CT molecular complexity index is 445. The van der Waals surface area contributed by atoms with Crippen LogP contribution in [0.5, 0.6) is 0 Å². The number of carbonyl (C=O) groups is 1. The lowest BCUT2D eigenvalue weighted by atomic mass is 10.00. The summed E-state index contributed by atoms with van der Waals surface area (Å²) in [6, 6.07) is 1.17. The molecule has 102 valence electrons. The smallest absolute Gasteiger partial charge is 0.369 e. The fourth-order valence-corrected chi connectivity index (χ4v) is 2.05. The van der Waals surface area contributed by atoms with Crippen LogP contribution in [0.15, 0.2) is 0 Å². The summed E-state index contributed by atoms with van der Waals surface area (Å²) in [5, 5.41) is 8.89. The van der Waals surface area contributed by atoms with E-state index >= 15 is 0 Å². The predicted octanol–water partition coefficient (Wildman–Crippen LogP) is -1.85. The molecular weight excluding hydrogens is 264 g/mol. The highest BCUT2D eigenvalue weighted by atomic mass is 32.3. The fraction of sp³-hybridized carbons (Fsp3) is 0.750. The maximum atomic E-state index is 10.8. The Balaban J connectivity index is 2.55. The molecule has 1 rings (SSSR count). The minimum atomic E-state index is -4.57. The second kappa shape index (κ2) is 6.07. The first kappa shape index (κ1) is 14.8. The van der Waals surface area contributed by atoms with Crippen LogP contribution in [0.2, 0.25) is 0 Å². The number of hydrogen-bond acceptors (Lipinski definition) is 7. The topological polar surface area (TPSA) is 146 Å². The van der Waals surface area contributed by atoms with Gasteiger partial charge in [0.2, 0.25) is 5.91 Å². The van der Waals surface area contributed by atoms with E-state index < -0.39 is 28.4 Å². The van der Waals surface area contributed by atoms with Crippen LogP contribution in [-0.2, 0) is 19.5 Å². The van der Waals surface area contributed by atoms with Crippen LogP contribution in [0.3, 0.4) is 0 Å². The van der Waals surface area contributed by atoms with E-state index in [2.05, 4.69) is 9.76 Å². The first-order chi connectivity index (χ1) is 8.31. The van der Waals surface area contributed by atoms with Gasteiger partial charge in [0.25, 0.3) is 0 Å². The number of carbonyl (C=O) groups excluding carboxylic acids is 1. The molecule has 1 aliphatic rings. The van der Waals surface area contributed by atoms with Crippen LogP contribution in [-0.4, -0.2) is 49.0 Å². The third kappa shape index (κ3) is 4.94. The van der Waals surface area contributed by atoms with Crippen molar-refractivity contribution in [3.8, 4) is 6.07 Å². The predicted molar refractivity (Wildman–Crippen MR) is 59.0 cm³/mol. The van der Waals surface area contributed by atoms with Gasteiger partial charge in [0, 0.05) is 12.6 Å². The number of piperidine rings is 1. The molecule has 0 aromatic heterocycles. The molecule has 18 heavy (non-hydrogen) atoms. The summed E-state index contributed by atoms with van der Waals surface area (Å²) in [5.41, 5.74) is 7.22. The highest BCUT2D eigenvalue weighted by Crippen LogP contribution is 2.16. The molecule has 10 heteroatoms. The average Bonchev–Trinajstić information content (AvgIpc) is 2.25. The zero-order chi connectivity index (χ0) is 13.8. The van der Waals surface area contributed by atoms with Gasteiger partial charge in [0.15, 0.2) is 0 Å². The second-order valence-corrected chi connectivity index (χ2v) is 4.97. The number of rotatable bonds is 5. The van der Waals surface area contributed by atoms with Crippen molar-refractivity contribution in [1.29, 1.82) is 5.26 Å². The number of nitriles is 1. The number of nitrogens with two attached hydrogens (primary N) is 1. The molecule has 1 fully saturated rings. The molecule has 0 radical (unpaired) electrons. The van der Waals surface area contributed by atoms with Crippen LogP contribution in [0.1, 0.15) is 12.8 Å². The zero-order valence-electron chi connectivity index (χ0n) is 9.44. The minimum Gasteiger partial charge on any atom is -0.369 e. The summed E-state index contributed by atoms with van der Waals surface area (Å²) in [7, 11) is -4.57. The minimum absolute atomic E-state index is 0.0950. The molecule has 2 atom stereocenters. The maximum absolute atomic E-state index is 10.8. The third-order valence-electron chi connectivity index (χ3n) is 2.51. The normalized spacial score (nSPS) is 25.6. The van der Waals surface area contributed by atoms with Gasteiger partial charge in [-0.2, -0.15) is 23.4 Å². The molecule has 4 N–H and O–H groups in total. The Hall–Kier alpha value is -1.25. The number of likely N-dealkylation sites (tertiary alicyclic amines) is 1. The highest BCUT2D eigenvalue weighted by Gasteiger charge is 2.29. The van der Waals surface area contributed by atoms with Gasteiger partial charge in [0.1, 0.15) is 0 Å². The maximum Gasteiger partial charge on any atom is 0.413 e. The molecule has 1 aliphatic heterocycles. The quantitative estimate of drug-likeness (QED) is 0.392. The summed E-state index contributed by atoms with van der Waals surface area (Å²) >= 11 is 0. The van der Waals surface area contributed by atoms with Crippen molar-refractivity contribution in [2.45, 2.75) is 24.9 Å². The third-order valence-corrected chi connectivity index (χ3v) is 2.82. The standard InChI is InChI=1S/C8H14N4O5S/c9-3-7-2-1-6(11-17-18(14,15)16)4-12(7)5-8(10)13/h6-7,11H,1-2,4-5H2,(H2,10,13)(H,14,15,16)/t6-,7+/m1/s1. The van der Waals surface area contributed by atoms with Crippen molar-refractivity contribution in [1.82, 2.24) is 10.4 Å². The van der Waals surface area contributed by atoms with Crippen molar-refractivity contribution < 1.29 is 22.0 Å². The van der Waals surface area contributed by atoms with Crippen LogP contribution in [0.4, 0.5) is 0 Å². The van der Waals surface area contributed by atoms with Gasteiger partial charge < -0.3 is 5.73 Å². The lowest BCUT2D eigenvalue weighted by Gasteiger charge is -2.35. The number of nitrogens with zero attached hydrogens (tertiary/aromatic N) is 2. The molecule has 1 amide bonds. The fourth-order valence-electron chi connectivity index (χ4n) is 1.79. The SMILES string of the molecule is N#C[C@@H]1CC[C@@H](NOS(=O)(=O)O)CN1CC(N)=O. The number of hydroxylamine groups is 1. The summed E-state index contributed by atoms with van der Waals surface area (Å²) in [6.07, 6.45) is 0.916. The summed E-state index contributed by atoms with van der Waals surface area (Å²) in [5.74, 6) is -0.577.